The summed E-state index contributed by atoms with van der Waals surface area (Å²) in [4.78, 5) is 2.42. The second-order valence-corrected chi connectivity index (χ2v) is 6.67. The zero-order valence-electron chi connectivity index (χ0n) is 11.8. The topological polar surface area (TPSA) is 32.7 Å². The van der Waals surface area contributed by atoms with Gasteiger partial charge in [0.15, 0.2) is 11.5 Å². The molecule has 1 aliphatic heterocycles. The fraction of sp³-hybridized carbons (Fsp3) is 0.600. The Hall–Kier alpha value is -0.740. The van der Waals surface area contributed by atoms with Gasteiger partial charge in [-0.15, -0.1) is 0 Å². The Morgan fingerprint density at radius 3 is 2.53 bits per heavy atom. The number of piperidine rings is 1. The molecule has 1 aromatic rings. The molecular weight excluding hydrogens is 306 g/mol. The van der Waals surface area contributed by atoms with Crippen molar-refractivity contribution in [3.05, 3.63) is 22.2 Å². The highest BCUT2D eigenvalue weighted by Gasteiger charge is 2.23. The van der Waals surface area contributed by atoms with E-state index in [1.807, 2.05) is 6.07 Å². The number of halogens is 1. The van der Waals surface area contributed by atoms with Crippen molar-refractivity contribution < 1.29 is 9.84 Å². The van der Waals surface area contributed by atoms with Crippen molar-refractivity contribution in [3.8, 4) is 11.5 Å². The van der Waals surface area contributed by atoms with E-state index in [-0.39, 0.29) is 5.75 Å². The second kappa shape index (κ2) is 6.14. The Morgan fingerprint density at radius 2 is 1.95 bits per heavy atom. The Kier molecular flexibility index (Phi) is 4.74. The van der Waals surface area contributed by atoms with Gasteiger partial charge in [0.25, 0.3) is 0 Å². The van der Waals surface area contributed by atoms with Crippen molar-refractivity contribution in [2.24, 2.45) is 11.8 Å². The largest absolute Gasteiger partial charge is 0.504 e. The molecule has 1 aliphatic rings. The molecule has 1 N–H and O–H groups in total. The number of nitrogens with zero attached hydrogens (tertiary/aromatic N) is 1. The van der Waals surface area contributed by atoms with E-state index in [9.17, 15) is 5.11 Å². The van der Waals surface area contributed by atoms with Gasteiger partial charge in [0.1, 0.15) is 0 Å². The van der Waals surface area contributed by atoms with Crippen LogP contribution in [0.2, 0.25) is 0 Å². The summed E-state index contributed by atoms with van der Waals surface area (Å²) in [6.07, 6.45) is 1.30. The molecule has 19 heavy (non-hydrogen) atoms. The SMILES string of the molecule is COc1cc(Br)cc(CN2C[C@H](C)C[C@H](C)C2)c1O. The third kappa shape index (κ3) is 3.63. The lowest BCUT2D eigenvalue weighted by Crippen LogP contribution is -2.38. The van der Waals surface area contributed by atoms with Gasteiger partial charge >= 0.3 is 0 Å². The van der Waals surface area contributed by atoms with Crippen LogP contribution >= 0.6 is 15.9 Å². The fourth-order valence-electron chi connectivity index (χ4n) is 3.07. The first-order chi connectivity index (χ1) is 8.99. The minimum absolute atomic E-state index is 0.261. The second-order valence-electron chi connectivity index (χ2n) is 5.76. The van der Waals surface area contributed by atoms with Crippen molar-refractivity contribution in [3.63, 3.8) is 0 Å². The number of hydrogen-bond acceptors (Lipinski definition) is 3. The van der Waals surface area contributed by atoms with E-state index in [0.717, 1.165) is 41.5 Å². The summed E-state index contributed by atoms with van der Waals surface area (Å²) in [7, 11) is 1.58. The third-order valence-electron chi connectivity index (χ3n) is 3.68. The van der Waals surface area contributed by atoms with Crippen LogP contribution in [0.15, 0.2) is 16.6 Å². The monoisotopic (exact) mass is 327 g/mol. The number of benzene rings is 1. The molecule has 0 unspecified atom stereocenters. The Bertz CT molecular complexity index is 440. The maximum atomic E-state index is 10.2. The zero-order valence-corrected chi connectivity index (χ0v) is 13.4. The van der Waals surface area contributed by atoms with E-state index >= 15 is 0 Å². The molecule has 0 amide bonds. The predicted molar refractivity (Wildman–Crippen MR) is 80.6 cm³/mol. The van der Waals surface area contributed by atoms with Crippen LogP contribution in [0.3, 0.4) is 0 Å². The Morgan fingerprint density at radius 1 is 1.32 bits per heavy atom. The van der Waals surface area contributed by atoms with Crippen molar-refractivity contribution in [1.82, 2.24) is 4.90 Å². The predicted octanol–water partition coefficient (Wildman–Crippen LogP) is 3.64. The van der Waals surface area contributed by atoms with Crippen LogP contribution < -0.4 is 4.74 Å². The van der Waals surface area contributed by atoms with E-state index in [1.54, 1.807) is 13.2 Å². The lowest BCUT2D eigenvalue weighted by atomic mass is 9.91. The molecule has 0 spiro atoms. The van der Waals surface area contributed by atoms with Gasteiger partial charge in [0.2, 0.25) is 0 Å². The van der Waals surface area contributed by atoms with Gasteiger partial charge in [-0.2, -0.15) is 0 Å². The number of rotatable bonds is 3. The Balaban J connectivity index is 2.16. The number of likely N-dealkylation sites (tertiary alicyclic amines) is 1. The van der Waals surface area contributed by atoms with Gasteiger partial charge in [-0.1, -0.05) is 29.8 Å². The highest BCUT2D eigenvalue weighted by molar-refractivity contribution is 9.10. The Labute approximate surface area is 123 Å². The number of phenols is 1. The zero-order chi connectivity index (χ0) is 14.0. The minimum atomic E-state index is 0.261. The average Bonchev–Trinajstić information content (AvgIpc) is 2.32. The molecule has 1 aromatic carbocycles. The van der Waals surface area contributed by atoms with Crippen LogP contribution in [0.1, 0.15) is 25.8 Å². The van der Waals surface area contributed by atoms with Crippen molar-refractivity contribution in [2.75, 3.05) is 20.2 Å². The van der Waals surface area contributed by atoms with E-state index in [1.165, 1.54) is 6.42 Å². The minimum Gasteiger partial charge on any atom is -0.504 e. The number of hydrogen-bond donors (Lipinski definition) is 1. The van der Waals surface area contributed by atoms with Gasteiger partial charge in [0.05, 0.1) is 7.11 Å². The third-order valence-corrected chi connectivity index (χ3v) is 4.13. The number of phenolic OH excluding ortho intramolecular Hbond substituents is 1. The molecule has 3 nitrogen and oxygen atoms in total. The van der Waals surface area contributed by atoms with Gasteiger partial charge in [-0.25, -0.2) is 0 Å². The molecule has 0 bridgehead atoms. The van der Waals surface area contributed by atoms with Gasteiger partial charge < -0.3 is 9.84 Å². The van der Waals surface area contributed by atoms with E-state index in [2.05, 4.69) is 34.7 Å². The molecule has 1 saturated heterocycles. The van der Waals surface area contributed by atoms with Crippen LogP contribution in [0.5, 0.6) is 11.5 Å². The summed E-state index contributed by atoms with van der Waals surface area (Å²) < 4.78 is 6.14. The molecule has 106 valence electrons. The summed E-state index contributed by atoms with van der Waals surface area (Å²) in [6.45, 7) is 7.56. The molecule has 0 saturated carbocycles. The quantitative estimate of drug-likeness (QED) is 0.919. The molecule has 2 rings (SSSR count). The number of methoxy groups -OCH3 is 1. The van der Waals surface area contributed by atoms with Crippen LogP contribution in [0, 0.1) is 11.8 Å². The summed E-state index contributed by atoms with van der Waals surface area (Å²) >= 11 is 3.47. The number of ether oxygens (including phenoxy) is 1. The van der Waals surface area contributed by atoms with E-state index in [4.69, 9.17) is 4.74 Å². The lowest BCUT2D eigenvalue weighted by molar-refractivity contribution is 0.133. The highest BCUT2D eigenvalue weighted by atomic mass is 79.9. The standard InChI is InChI=1S/C15H22BrNO2/c1-10-4-11(2)8-17(7-10)9-12-5-13(16)6-14(19-3)15(12)18/h5-6,10-11,18H,4,7-9H2,1-3H3/t10-,11+. The van der Waals surface area contributed by atoms with Crippen molar-refractivity contribution >= 4 is 15.9 Å². The molecule has 1 fully saturated rings. The van der Waals surface area contributed by atoms with Crippen LogP contribution in [-0.2, 0) is 6.54 Å². The average molecular weight is 328 g/mol. The highest BCUT2D eigenvalue weighted by Crippen LogP contribution is 2.35. The molecule has 0 aromatic heterocycles. The summed E-state index contributed by atoms with van der Waals surface area (Å²) in [5.41, 5.74) is 0.924. The lowest BCUT2D eigenvalue weighted by Gasteiger charge is -2.35. The first kappa shape index (κ1) is 14.7. The molecule has 2 atom stereocenters. The number of aromatic hydroxyl groups is 1. The first-order valence-corrected chi connectivity index (χ1v) is 7.56. The maximum absolute atomic E-state index is 10.2. The molecule has 0 aliphatic carbocycles. The summed E-state index contributed by atoms with van der Waals surface area (Å²) in [5, 5.41) is 10.2. The molecule has 0 radical (unpaired) electrons. The van der Waals surface area contributed by atoms with Gasteiger partial charge in [-0.3, -0.25) is 4.90 Å². The smallest absolute Gasteiger partial charge is 0.162 e. The van der Waals surface area contributed by atoms with Crippen LogP contribution in [-0.4, -0.2) is 30.2 Å². The summed E-state index contributed by atoms with van der Waals surface area (Å²) in [6, 6.07) is 3.77. The van der Waals surface area contributed by atoms with Gasteiger partial charge in [-0.05, 0) is 30.4 Å². The normalized spacial score (nSPS) is 24.4. The molecule has 1 heterocycles. The van der Waals surface area contributed by atoms with Crippen LogP contribution in [0.25, 0.3) is 0 Å². The first-order valence-electron chi connectivity index (χ1n) is 6.77. The van der Waals surface area contributed by atoms with Gasteiger partial charge in [0, 0.05) is 29.7 Å². The maximum Gasteiger partial charge on any atom is 0.162 e. The summed E-state index contributed by atoms with van der Waals surface area (Å²) in [5.74, 6) is 2.24. The van der Waals surface area contributed by atoms with Crippen molar-refractivity contribution in [1.29, 1.82) is 0 Å². The van der Waals surface area contributed by atoms with Crippen LogP contribution in [0.4, 0.5) is 0 Å². The van der Waals surface area contributed by atoms with Crippen molar-refractivity contribution in [2.45, 2.75) is 26.8 Å². The molecular formula is C15H22BrNO2. The molecule has 4 heteroatoms. The van der Waals surface area contributed by atoms with E-state index in [0.29, 0.717) is 5.75 Å². The van der Waals surface area contributed by atoms with E-state index < -0.39 is 0 Å². The fourth-order valence-corrected chi connectivity index (χ4v) is 3.55.